The summed E-state index contributed by atoms with van der Waals surface area (Å²) in [5.41, 5.74) is 6.70. The maximum atomic E-state index is 12.3. The van der Waals surface area contributed by atoms with Gasteiger partial charge in [0.2, 0.25) is 0 Å². The largest absolute Gasteiger partial charge is 0.457 e. The van der Waals surface area contributed by atoms with Gasteiger partial charge < -0.3 is 21.1 Å². The van der Waals surface area contributed by atoms with Crippen molar-refractivity contribution < 1.29 is 14.3 Å². The lowest BCUT2D eigenvalue weighted by atomic mass is 10.2. The third kappa shape index (κ3) is 5.47. The summed E-state index contributed by atoms with van der Waals surface area (Å²) < 4.78 is 5.69. The standard InChI is InChI=1S/C23H18N4O3/c24-14-17(15-26-22(28)16-6-8-18(25)9-7-16)23(29)27-19-10-12-21(13-11-19)30-20-4-2-1-3-5-20/h1-13,15H,25H2,(H,26,28)(H,27,29)/b17-15-. The lowest BCUT2D eigenvalue weighted by Gasteiger charge is -2.08. The molecule has 0 saturated carbocycles. The number of para-hydroxylation sites is 1. The molecule has 0 aliphatic heterocycles. The van der Waals surface area contributed by atoms with Crippen molar-refractivity contribution in [3.63, 3.8) is 0 Å². The van der Waals surface area contributed by atoms with Gasteiger partial charge in [0.05, 0.1) is 0 Å². The van der Waals surface area contributed by atoms with Gasteiger partial charge >= 0.3 is 0 Å². The lowest BCUT2D eigenvalue weighted by molar-refractivity contribution is -0.112. The van der Waals surface area contributed by atoms with Gasteiger partial charge in [-0.25, -0.2) is 0 Å². The van der Waals surface area contributed by atoms with Crippen molar-refractivity contribution in [2.75, 3.05) is 11.1 Å². The van der Waals surface area contributed by atoms with Crippen LogP contribution in [0.3, 0.4) is 0 Å². The predicted octanol–water partition coefficient (Wildman–Crippen LogP) is 3.84. The molecule has 3 aromatic carbocycles. The topological polar surface area (TPSA) is 117 Å². The summed E-state index contributed by atoms with van der Waals surface area (Å²) >= 11 is 0. The fraction of sp³-hybridized carbons (Fsp3) is 0. The van der Waals surface area contributed by atoms with Crippen LogP contribution >= 0.6 is 0 Å². The smallest absolute Gasteiger partial charge is 0.267 e. The number of hydrogen-bond donors (Lipinski definition) is 3. The molecule has 7 nitrogen and oxygen atoms in total. The van der Waals surface area contributed by atoms with Crippen molar-refractivity contribution in [3.8, 4) is 17.6 Å². The molecule has 0 fully saturated rings. The van der Waals surface area contributed by atoms with E-state index in [0.717, 1.165) is 6.20 Å². The van der Waals surface area contributed by atoms with Crippen LogP contribution in [0.5, 0.6) is 11.5 Å². The van der Waals surface area contributed by atoms with Crippen LogP contribution < -0.4 is 21.1 Å². The van der Waals surface area contributed by atoms with Crippen molar-refractivity contribution in [2.24, 2.45) is 0 Å². The number of nitriles is 1. The van der Waals surface area contributed by atoms with E-state index >= 15 is 0 Å². The molecule has 3 rings (SSSR count). The van der Waals surface area contributed by atoms with Crippen LogP contribution in [0.2, 0.25) is 0 Å². The van der Waals surface area contributed by atoms with E-state index in [1.54, 1.807) is 54.6 Å². The van der Waals surface area contributed by atoms with Gasteiger partial charge in [0.1, 0.15) is 23.1 Å². The molecular formula is C23H18N4O3. The quantitative estimate of drug-likeness (QED) is 0.331. The first kappa shape index (κ1) is 20.2. The fourth-order valence-electron chi connectivity index (χ4n) is 2.43. The molecule has 148 valence electrons. The molecule has 7 heteroatoms. The maximum absolute atomic E-state index is 12.3. The van der Waals surface area contributed by atoms with E-state index in [4.69, 9.17) is 10.5 Å². The lowest BCUT2D eigenvalue weighted by Crippen LogP contribution is -2.21. The molecule has 0 aliphatic rings. The Balaban J connectivity index is 1.60. The molecule has 0 unspecified atom stereocenters. The number of benzene rings is 3. The highest BCUT2D eigenvalue weighted by Gasteiger charge is 2.11. The van der Waals surface area contributed by atoms with Gasteiger partial charge in [-0.15, -0.1) is 0 Å². The van der Waals surface area contributed by atoms with E-state index in [9.17, 15) is 14.9 Å². The zero-order chi connectivity index (χ0) is 21.3. The van der Waals surface area contributed by atoms with E-state index in [2.05, 4.69) is 10.6 Å². The average Bonchev–Trinajstić information content (AvgIpc) is 2.76. The number of nitrogens with zero attached hydrogens (tertiary/aromatic N) is 1. The Morgan fingerprint density at radius 2 is 1.53 bits per heavy atom. The van der Waals surface area contributed by atoms with E-state index in [1.165, 1.54) is 0 Å². The van der Waals surface area contributed by atoms with Crippen molar-refractivity contribution in [2.45, 2.75) is 0 Å². The molecule has 2 amide bonds. The monoisotopic (exact) mass is 398 g/mol. The van der Waals surface area contributed by atoms with Crippen LogP contribution in [0, 0.1) is 11.3 Å². The van der Waals surface area contributed by atoms with Crippen molar-refractivity contribution in [1.29, 1.82) is 5.26 Å². The molecule has 3 aromatic rings. The van der Waals surface area contributed by atoms with Gasteiger partial charge in [-0.1, -0.05) is 18.2 Å². The first-order valence-corrected chi connectivity index (χ1v) is 8.96. The van der Waals surface area contributed by atoms with Crippen LogP contribution in [0.15, 0.2) is 90.6 Å². The first-order chi connectivity index (χ1) is 14.5. The third-order valence-electron chi connectivity index (χ3n) is 3.98. The Morgan fingerprint density at radius 1 is 0.900 bits per heavy atom. The highest BCUT2D eigenvalue weighted by Crippen LogP contribution is 2.22. The number of anilines is 2. The van der Waals surface area contributed by atoms with Crippen molar-refractivity contribution >= 4 is 23.2 Å². The highest BCUT2D eigenvalue weighted by atomic mass is 16.5. The van der Waals surface area contributed by atoms with Crippen LogP contribution in [-0.2, 0) is 4.79 Å². The minimum atomic E-state index is -0.646. The second kappa shape index (κ2) is 9.57. The van der Waals surface area contributed by atoms with E-state index < -0.39 is 11.8 Å². The summed E-state index contributed by atoms with van der Waals surface area (Å²) in [6.07, 6.45) is 1.07. The minimum absolute atomic E-state index is 0.247. The van der Waals surface area contributed by atoms with Crippen LogP contribution in [0.4, 0.5) is 11.4 Å². The Morgan fingerprint density at radius 3 is 2.17 bits per heavy atom. The van der Waals surface area contributed by atoms with Crippen LogP contribution in [0.25, 0.3) is 0 Å². The maximum Gasteiger partial charge on any atom is 0.267 e. The second-order valence-electron chi connectivity index (χ2n) is 6.16. The summed E-state index contributed by atoms with van der Waals surface area (Å²) in [6, 6.07) is 24.0. The molecule has 0 bridgehead atoms. The molecule has 0 saturated heterocycles. The molecule has 0 aromatic heterocycles. The second-order valence-corrected chi connectivity index (χ2v) is 6.16. The zero-order valence-corrected chi connectivity index (χ0v) is 15.8. The number of hydrogen-bond acceptors (Lipinski definition) is 5. The number of nitrogen functional groups attached to an aromatic ring is 1. The highest BCUT2D eigenvalue weighted by molar-refractivity contribution is 6.07. The molecule has 0 spiro atoms. The number of rotatable bonds is 6. The average molecular weight is 398 g/mol. The molecule has 0 atom stereocenters. The number of nitrogens with two attached hydrogens (primary N) is 1. The number of carbonyl (C=O) groups excluding carboxylic acids is 2. The van der Waals surface area contributed by atoms with Crippen LogP contribution in [0.1, 0.15) is 10.4 Å². The van der Waals surface area contributed by atoms with E-state index in [-0.39, 0.29) is 5.57 Å². The molecule has 0 heterocycles. The summed E-state index contributed by atoms with van der Waals surface area (Å²) in [5, 5.41) is 14.3. The molecule has 4 N–H and O–H groups in total. The van der Waals surface area contributed by atoms with Crippen molar-refractivity contribution in [3.05, 3.63) is 96.2 Å². The number of nitrogens with one attached hydrogen (secondary N) is 2. The molecular weight excluding hydrogens is 380 g/mol. The first-order valence-electron chi connectivity index (χ1n) is 8.96. The Hall–Kier alpha value is -4.57. The predicted molar refractivity (Wildman–Crippen MR) is 114 cm³/mol. The summed E-state index contributed by atoms with van der Waals surface area (Å²) in [5.74, 6) is 0.191. The van der Waals surface area contributed by atoms with Gasteiger partial charge in [-0.05, 0) is 60.7 Å². The van der Waals surface area contributed by atoms with Gasteiger partial charge in [0.25, 0.3) is 11.8 Å². The molecule has 30 heavy (non-hydrogen) atoms. The number of amides is 2. The molecule has 0 radical (unpaired) electrons. The van der Waals surface area contributed by atoms with Crippen LogP contribution in [-0.4, -0.2) is 11.8 Å². The summed E-state index contributed by atoms with van der Waals surface area (Å²) in [6.45, 7) is 0. The minimum Gasteiger partial charge on any atom is -0.457 e. The summed E-state index contributed by atoms with van der Waals surface area (Å²) in [7, 11) is 0. The molecule has 0 aliphatic carbocycles. The SMILES string of the molecule is N#C/C(=C/NC(=O)c1ccc(N)cc1)C(=O)Nc1ccc(Oc2ccccc2)cc1. The fourth-order valence-corrected chi connectivity index (χ4v) is 2.43. The number of ether oxygens (including phenoxy) is 1. The van der Waals surface area contributed by atoms with E-state index in [0.29, 0.717) is 28.4 Å². The number of carbonyl (C=O) groups is 2. The van der Waals surface area contributed by atoms with Gasteiger partial charge in [-0.3, -0.25) is 9.59 Å². The summed E-state index contributed by atoms with van der Waals surface area (Å²) in [4.78, 5) is 24.4. The van der Waals surface area contributed by atoms with Gasteiger partial charge in [0, 0.05) is 23.1 Å². The van der Waals surface area contributed by atoms with Gasteiger partial charge in [-0.2, -0.15) is 5.26 Å². The normalized spacial score (nSPS) is 10.6. The zero-order valence-electron chi connectivity index (χ0n) is 15.8. The Bertz CT molecular complexity index is 1100. The Kier molecular flexibility index (Phi) is 6.44. The van der Waals surface area contributed by atoms with Crippen molar-refractivity contribution in [1.82, 2.24) is 5.32 Å². The third-order valence-corrected chi connectivity index (χ3v) is 3.98. The van der Waals surface area contributed by atoms with E-state index in [1.807, 2.05) is 30.3 Å². The Labute approximate surface area is 173 Å². The van der Waals surface area contributed by atoms with Gasteiger partial charge in [0.15, 0.2) is 0 Å².